The van der Waals surface area contributed by atoms with E-state index in [2.05, 4.69) is 0 Å². The molecule has 1 saturated carbocycles. The van der Waals surface area contributed by atoms with Crippen molar-refractivity contribution in [1.82, 2.24) is 0 Å². The second-order valence-corrected chi connectivity index (χ2v) is 8.80. The van der Waals surface area contributed by atoms with Crippen LogP contribution in [0.2, 0.25) is 5.02 Å². The smallest absolute Gasteiger partial charge is 0.303 e. The van der Waals surface area contributed by atoms with E-state index in [1.165, 1.54) is 0 Å². The summed E-state index contributed by atoms with van der Waals surface area (Å²) in [5, 5.41) is 30.2. The van der Waals surface area contributed by atoms with Gasteiger partial charge < -0.3 is 24.8 Å². The van der Waals surface area contributed by atoms with Crippen LogP contribution in [0.3, 0.4) is 0 Å². The van der Waals surface area contributed by atoms with Crippen LogP contribution in [0, 0.1) is 17.8 Å². The van der Waals surface area contributed by atoms with Gasteiger partial charge >= 0.3 is 5.97 Å². The maximum atomic E-state index is 10.7. The maximum Gasteiger partial charge on any atom is 0.303 e. The largest absolute Gasteiger partial charge is 0.491 e. The fourth-order valence-electron chi connectivity index (χ4n) is 4.54. The monoisotopic (exact) mass is 438 g/mol. The van der Waals surface area contributed by atoms with E-state index < -0.39 is 18.2 Å². The third-order valence-electron chi connectivity index (χ3n) is 6.12. The highest BCUT2D eigenvalue weighted by molar-refractivity contribution is 6.30. The molecule has 0 amide bonds. The molecule has 30 heavy (non-hydrogen) atoms. The average Bonchev–Trinajstić information content (AvgIpc) is 2.86. The molecule has 3 rings (SSSR count). The fourth-order valence-corrected chi connectivity index (χ4v) is 4.72. The first-order valence-corrected chi connectivity index (χ1v) is 11.1. The van der Waals surface area contributed by atoms with Crippen molar-refractivity contribution in [3.63, 3.8) is 0 Å². The van der Waals surface area contributed by atoms with Gasteiger partial charge in [-0.1, -0.05) is 29.8 Å². The van der Waals surface area contributed by atoms with Gasteiger partial charge in [0.15, 0.2) is 0 Å². The second-order valence-electron chi connectivity index (χ2n) is 8.37. The molecule has 0 bridgehead atoms. The number of halogens is 1. The van der Waals surface area contributed by atoms with Crippen molar-refractivity contribution in [3.8, 4) is 5.75 Å². The van der Waals surface area contributed by atoms with Gasteiger partial charge in [-0.15, -0.1) is 0 Å². The van der Waals surface area contributed by atoms with Gasteiger partial charge in [0.25, 0.3) is 0 Å². The van der Waals surface area contributed by atoms with Crippen LogP contribution in [0.15, 0.2) is 36.4 Å². The van der Waals surface area contributed by atoms with Crippen molar-refractivity contribution in [3.05, 3.63) is 41.4 Å². The van der Waals surface area contributed by atoms with E-state index in [0.717, 1.165) is 19.3 Å². The topological polar surface area (TPSA) is 96.2 Å². The number of benzene rings is 1. The number of carboxylic acid groups (broad SMARTS) is 1. The minimum Gasteiger partial charge on any atom is -0.491 e. The van der Waals surface area contributed by atoms with Crippen LogP contribution < -0.4 is 4.74 Å². The number of hydrogen-bond donors (Lipinski definition) is 3. The molecule has 1 heterocycles. The van der Waals surface area contributed by atoms with Crippen LogP contribution in [0.25, 0.3) is 0 Å². The zero-order valence-electron chi connectivity index (χ0n) is 17.0. The molecule has 2 aliphatic rings. The van der Waals surface area contributed by atoms with E-state index in [1.54, 1.807) is 30.3 Å². The predicted molar refractivity (Wildman–Crippen MR) is 114 cm³/mol. The van der Waals surface area contributed by atoms with Crippen LogP contribution in [-0.2, 0) is 9.53 Å². The van der Waals surface area contributed by atoms with Crippen LogP contribution in [0.5, 0.6) is 5.75 Å². The Kier molecular flexibility index (Phi) is 8.57. The number of aliphatic hydroxyl groups excluding tert-OH is 2. The summed E-state index contributed by atoms with van der Waals surface area (Å²) in [5.41, 5.74) is 0. The molecule has 166 valence electrons. The number of hydrogen-bond acceptors (Lipinski definition) is 5. The number of fused-ring (bicyclic) bond motifs is 1. The van der Waals surface area contributed by atoms with Crippen molar-refractivity contribution in [1.29, 1.82) is 0 Å². The van der Waals surface area contributed by atoms with Gasteiger partial charge in [0, 0.05) is 30.4 Å². The molecular weight excluding hydrogens is 408 g/mol. The third kappa shape index (κ3) is 6.71. The summed E-state index contributed by atoms with van der Waals surface area (Å²) in [4.78, 5) is 10.7. The molecule has 1 aromatic carbocycles. The summed E-state index contributed by atoms with van der Waals surface area (Å²) in [7, 11) is 0. The zero-order valence-corrected chi connectivity index (χ0v) is 17.8. The average molecular weight is 439 g/mol. The normalized spacial score (nSPS) is 30.0. The molecule has 6 atom stereocenters. The van der Waals surface area contributed by atoms with Crippen molar-refractivity contribution in [2.75, 3.05) is 13.2 Å². The van der Waals surface area contributed by atoms with E-state index in [4.69, 9.17) is 26.2 Å². The summed E-state index contributed by atoms with van der Waals surface area (Å²) < 4.78 is 11.7. The summed E-state index contributed by atoms with van der Waals surface area (Å²) in [6.07, 6.45) is 6.55. The number of carbonyl (C=O) groups is 1. The first kappa shape index (κ1) is 23.1. The molecule has 2 fully saturated rings. The summed E-state index contributed by atoms with van der Waals surface area (Å²) in [6.45, 7) is 0.732. The van der Waals surface area contributed by atoms with Crippen molar-refractivity contribution in [2.24, 2.45) is 17.8 Å². The van der Waals surface area contributed by atoms with E-state index in [1.807, 2.05) is 6.08 Å². The zero-order chi connectivity index (χ0) is 21.5. The van der Waals surface area contributed by atoms with Crippen LogP contribution in [0.4, 0.5) is 0 Å². The van der Waals surface area contributed by atoms with E-state index in [-0.39, 0.29) is 31.0 Å². The molecule has 0 radical (unpaired) electrons. The summed E-state index contributed by atoms with van der Waals surface area (Å²) in [5.74, 6) is 0.360. The van der Waals surface area contributed by atoms with Gasteiger partial charge in [-0.2, -0.15) is 0 Å². The lowest BCUT2D eigenvalue weighted by Crippen LogP contribution is -2.22. The molecule has 0 spiro atoms. The van der Waals surface area contributed by atoms with Crippen molar-refractivity contribution < 1.29 is 29.6 Å². The summed E-state index contributed by atoms with van der Waals surface area (Å²) >= 11 is 5.93. The molecule has 7 heteroatoms. The molecule has 1 aliphatic carbocycles. The Labute approximate surface area is 182 Å². The number of aliphatic carboxylic acids is 1. The van der Waals surface area contributed by atoms with Gasteiger partial charge in [0.05, 0.1) is 12.2 Å². The standard InChI is InChI=1S/C23H31ClO6/c24-16-4-2-5-18(11-16)29-14-17(25)8-10-19-20-9-7-15(3-1-6-23(27)28)13-30-22(20)12-21(19)26/h2,4-5,8,10-11,15,17,19-22,25-26H,1,3,6-7,9,12-14H2,(H,27,28)/b10-8+/t15-,17+,19-,20-,21-,22+/m1/s1. The Morgan fingerprint density at radius 3 is 2.97 bits per heavy atom. The van der Waals surface area contributed by atoms with Gasteiger partial charge in [-0.05, 0) is 55.7 Å². The Hall–Kier alpha value is -1.60. The molecule has 1 saturated heterocycles. The van der Waals surface area contributed by atoms with Gasteiger partial charge in [0.2, 0.25) is 0 Å². The lowest BCUT2D eigenvalue weighted by atomic mass is 9.86. The van der Waals surface area contributed by atoms with Crippen molar-refractivity contribution >= 4 is 17.6 Å². The molecule has 1 aromatic rings. The van der Waals surface area contributed by atoms with Crippen LogP contribution >= 0.6 is 11.6 Å². The Bertz CT molecular complexity index is 723. The highest BCUT2D eigenvalue weighted by Crippen LogP contribution is 2.42. The Morgan fingerprint density at radius 1 is 1.37 bits per heavy atom. The highest BCUT2D eigenvalue weighted by atomic mass is 35.5. The molecule has 0 unspecified atom stereocenters. The Balaban J connectivity index is 1.49. The molecule has 0 aromatic heterocycles. The van der Waals surface area contributed by atoms with Crippen LogP contribution in [-0.4, -0.2) is 52.8 Å². The molecule has 1 aliphatic heterocycles. The highest BCUT2D eigenvalue weighted by Gasteiger charge is 2.43. The Morgan fingerprint density at radius 2 is 2.20 bits per heavy atom. The number of carboxylic acids is 1. The van der Waals surface area contributed by atoms with Gasteiger partial charge in [0.1, 0.15) is 18.5 Å². The summed E-state index contributed by atoms with van der Waals surface area (Å²) in [6, 6.07) is 7.02. The minimum absolute atomic E-state index is 0.0129. The molecular formula is C23H31ClO6. The number of aliphatic hydroxyl groups is 2. The quantitative estimate of drug-likeness (QED) is 0.509. The molecule has 3 N–H and O–H groups in total. The predicted octanol–water partition coefficient (Wildman–Crippen LogP) is 3.68. The minimum atomic E-state index is -0.786. The number of ether oxygens (including phenoxy) is 2. The first-order valence-electron chi connectivity index (χ1n) is 10.7. The lowest BCUT2D eigenvalue weighted by molar-refractivity contribution is -0.137. The fraction of sp³-hybridized carbons (Fsp3) is 0.609. The van der Waals surface area contributed by atoms with Crippen LogP contribution in [0.1, 0.15) is 38.5 Å². The van der Waals surface area contributed by atoms with E-state index in [0.29, 0.717) is 36.1 Å². The van der Waals surface area contributed by atoms with Gasteiger partial charge in [-0.3, -0.25) is 4.79 Å². The first-order chi connectivity index (χ1) is 14.4. The van der Waals surface area contributed by atoms with E-state index >= 15 is 0 Å². The third-order valence-corrected chi connectivity index (χ3v) is 6.35. The lowest BCUT2D eigenvalue weighted by Gasteiger charge is -2.21. The van der Waals surface area contributed by atoms with Crippen molar-refractivity contribution in [2.45, 2.75) is 56.8 Å². The van der Waals surface area contributed by atoms with Gasteiger partial charge in [-0.25, -0.2) is 0 Å². The number of rotatable bonds is 9. The molecule has 6 nitrogen and oxygen atoms in total. The maximum absolute atomic E-state index is 10.7. The van der Waals surface area contributed by atoms with E-state index in [9.17, 15) is 15.0 Å². The SMILES string of the molecule is O=C(O)CCC[C@@H]1CC[C@@H]2[C@@H](/C=C/[C@H](O)COc3cccc(Cl)c3)[C@H](O)C[C@@H]2OC1. The second kappa shape index (κ2) is 11.1.